The molecule has 0 spiro atoms. The Hall–Kier alpha value is -0.0400. The fourth-order valence-corrected chi connectivity index (χ4v) is 3.10. The Morgan fingerprint density at radius 3 is 2.20 bits per heavy atom. The molecule has 1 unspecified atom stereocenters. The summed E-state index contributed by atoms with van der Waals surface area (Å²) in [5, 5.41) is 3.37. The Morgan fingerprint density at radius 1 is 1.20 bits per heavy atom. The van der Waals surface area contributed by atoms with E-state index in [1.807, 2.05) is 0 Å². The lowest BCUT2D eigenvalue weighted by atomic mass is 9.67. The highest BCUT2D eigenvalue weighted by Crippen LogP contribution is 2.42. The maximum Gasteiger partial charge on any atom is 0.00409 e. The molecule has 1 aliphatic rings. The molecule has 0 amide bonds. The Bertz CT molecular complexity index is 178. The van der Waals surface area contributed by atoms with Crippen molar-refractivity contribution in [3.05, 3.63) is 0 Å². The first-order chi connectivity index (χ1) is 6.95. The van der Waals surface area contributed by atoms with Crippen LogP contribution in [0.5, 0.6) is 0 Å². The second kappa shape index (κ2) is 5.34. The molecule has 0 aliphatic heterocycles. The molecule has 1 nitrogen and oxygen atoms in total. The van der Waals surface area contributed by atoms with Crippen molar-refractivity contribution in [1.29, 1.82) is 0 Å². The zero-order valence-electron chi connectivity index (χ0n) is 11.3. The third-order valence-electron chi connectivity index (χ3n) is 4.45. The summed E-state index contributed by atoms with van der Waals surface area (Å²) in [7, 11) is 2.07. The topological polar surface area (TPSA) is 12.0 Å². The van der Waals surface area contributed by atoms with E-state index in [4.69, 9.17) is 0 Å². The fraction of sp³-hybridized carbons (Fsp3) is 1.00. The average molecular weight is 211 g/mol. The molecule has 0 saturated heterocycles. The first kappa shape index (κ1) is 13.0. The van der Waals surface area contributed by atoms with E-state index in [-0.39, 0.29) is 0 Å². The molecule has 0 aromatic rings. The van der Waals surface area contributed by atoms with Gasteiger partial charge in [0.1, 0.15) is 0 Å². The monoisotopic (exact) mass is 211 g/mol. The summed E-state index contributed by atoms with van der Waals surface area (Å²) in [5.74, 6) is 1.92. The summed E-state index contributed by atoms with van der Waals surface area (Å²) in [4.78, 5) is 0. The van der Waals surface area contributed by atoms with Crippen molar-refractivity contribution < 1.29 is 0 Å². The Balaban J connectivity index is 2.46. The van der Waals surface area contributed by atoms with E-state index < -0.39 is 0 Å². The molecule has 0 bridgehead atoms. The van der Waals surface area contributed by atoms with Crippen molar-refractivity contribution in [1.82, 2.24) is 5.32 Å². The number of rotatable bonds is 4. The van der Waals surface area contributed by atoms with Gasteiger partial charge < -0.3 is 5.32 Å². The van der Waals surface area contributed by atoms with E-state index in [1.54, 1.807) is 0 Å². The van der Waals surface area contributed by atoms with E-state index in [2.05, 4.69) is 40.1 Å². The smallest absolute Gasteiger partial charge is 0.00409 e. The van der Waals surface area contributed by atoms with Gasteiger partial charge in [-0.2, -0.15) is 0 Å². The second-order valence-electron chi connectivity index (χ2n) is 6.34. The highest BCUT2D eigenvalue weighted by Gasteiger charge is 2.32. The van der Waals surface area contributed by atoms with Gasteiger partial charge in [-0.05, 0) is 50.5 Å². The molecule has 0 aromatic carbocycles. The van der Waals surface area contributed by atoms with Gasteiger partial charge in [-0.3, -0.25) is 0 Å². The molecule has 0 aromatic heterocycles. The van der Waals surface area contributed by atoms with E-state index in [9.17, 15) is 0 Å². The molecule has 1 heteroatoms. The van der Waals surface area contributed by atoms with Crippen molar-refractivity contribution in [3.63, 3.8) is 0 Å². The van der Waals surface area contributed by atoms with Gasteiger partial charge in [-0.1, -0.05) is 33.6 Å². The van der Waals surface area contributed by atoms with Gasteiger partial charge >= 0.3 is 0 Å². The Labute approximate surface area is 96.0 Å². The van der Waals surface area contributed by atoms with Crippen LogP contribution in [0.25, 0.3) is 0 Å². The lowest BCUT2D eigenvalue weighted by Crippen LogP contribution is -2.34. The van der Waals surface area contributed by atoms with Gasteiger partial charge in [0.25, 0.3) is 0 Å². The first-order valence-electron chi connectivity index (χ1n) is 6.63. The van der Waals surface area contributed by atoms with Crippen molar-refractivity contribution in [2.45, 2.75) is 65.8 Å². The van der Waals surface area contributed by atoms with Crippen LogP contribution in [0.1, 0.15) is 59.8 Å². The van der Waals surface area contributed by atoms with Gasteiger partial charge in [0, 0.05) is 6.04 Å². The largest absolute Gasteiger partial charge is 0.317 e. The van der Waals surface area contributed by atoms with Gasteiger partial charge in [-0.15, -0.1) is 0 Å². The van der Waals surface area contributed by atoms with Gasteiger partial charge in [0.15, 0.2) is 0 Å². The number of hydrogen-bond acceptors (Lipinski definition) is 1. The summed E-state index contributed by atoms with van der Waals surface area (Å²) in [6.45, 7) is 9.62. The molecule has 1 aliphatic carbocycles. The van der Waals surface area contributed by atoms with Crippen LogP contribution in [0.2, 0.25) is 0 Å². The molecule has 1 fully saturated rings. The van der Waals surface area contributed by atoms with E-state index in [0.29, 0.717) is 11.5 Å². The number of nitrogens with one attached hydrogen (secondary N) is 1. The van der Waals surface area contributed by atoms with Crippen LogP contribution in [-0.4, -0.2) is 13.1 Å². The molecule has 1 N–H and O–H groups in total. The maximum atomic E-state index is 3.37. The minimum Gasteiger partial charge on any atom is -0.317 e. The van der Waals surface area contributed by atoms with Crippen LogP contribution in [-0.2, 0) is 0 Å². The van der Waals surface area contributed by atoms with Crippen LogP contribution in [0, 0.1) is 17.3 Å². The summed E-state index contributed by atoms with van der Waals surface area (Å²) in [6, 6.07) is 0.652. The molecular formula is C14H29N. The Kier molecular flexibility index (Phi) is 4.64. The molecule has 1 rings (SSSR count). The highest BCUT2D eigenvalue weighted by molar-refractivity contribution is 4.84. The maximum absolute atomic E-state index is 3.37. The van der Waals surface area contributed by atoms with E-state index in [1.165, 1.54) is 32.1 Å². The van der Waals surface area contributed by atoms with Crippen molar-refractivity contribution in [2.75, 3.05) is 7.05 Å². The Morgan fingerprint density at radius 2 is 1.73 bits per heavy atom. The number of hydrogen-bond donors (Lipinski definition) is 1. The van der Waals surface area contributed by atoms with E-state index >= 15 is 0 Å². The molecule has 15 heavy (non-hydrogen) atoms. The average Bonchev–Trinajstić information content (AvgIpc) is 2.17. The molecular weight excluding hydrogens is 182 g/mol. The quantitative estimate of drug-likeness (QED) is 0.745. The molecule has 1 atom stereocenters. The normalized spacial score (nSPS) is 30.2. The lowest BCUT2D eigenvalue weighted by molar-refractivity contribution is 0.117. The van der Waals surface area contributed by atoms with Crippen molar-refractivity contribution >= 4 is 0 Å². The summed E-state index contributed by atoms with van der Waals surface area (Å²) in [6.07, 6.45) is 7.10. The van der Waals surface area contributed by atoms with Crippen LogP contribution < -0.4 is 5.32 Å². The fourth-order valence-electron chi connectivity index (χ4n) is 3.10. The van der Waals surface area contributed by atoms with Crippen LogP contribution in [0.3, 0.4) is 0 Å². The summed E-state index contributed by atoms with van der Waals surface area (Å²) < 4.78 is 0. The predicted molar refractivity (Wildman–Crippen MR) is 68.0 cm³/mol. The minimum absolute atomic E-state index is 0.516. The highest BCUT2D eigenvalue weighted by atomic mass is 14.9. The molecule has 0 radical (unpaired) electrons. The zero-order valence-corrected chi connectivity index (χ0v) is 11.3. The van der Waals surface area contributed by atoms with E-state index in [0.717, 1.165) is 11.8 Å². The summed E-state index contributed by atoms with van der Waals surface area (Å²) in [5.41, 5.74) is 0.516. The van der Waals surface area contributed by atoms with Gasteiger partial charge in [0.2, 0.25) is 0 Å². The van der Waals surface area contributed by atoms with Gasteiger partial charge in [0.05, 0.1) is 0 Å². The molecule has 1 saturated carbocycles. The van der Waals surface area contributed by atoms with Crippen molar-refractivity contribution in [2.24, 2.45) is 17.3 Å². The third kappa shape index (κ3) is 3.79. The minimum atomic E-state index is 0.516. The van der Waals surface area contributed by atoms with Crippen molar-refractivity contribution in [3.8, 4) is 0 Å². The summed E-state index contributed by atoms with van der Waals surface area (Å²) >= 11 is 0. The second-order valence-corrected chi connectivity index (χ2v) is 6.34. The molecule has 0 heterocycles. The van der Waals surface area contributed by atoms with Crippen LogP contribution >= 0.6 is 0 Å². The van der Waals surface area contributed by atoms with Crippen LogP contribution in [0.4, 0.5) is 0 Å². The molecule has 90 valence electrons. The zero-order chi connectivity index (χ0) is 11.5. The standard InChI is InChI=1S/C14H29N/c1-11-6-8-13(9-7-11)14(3,4)10-12(2)15-5/h11-13,15H,6-10H2,1-5H3. The third-order valence-corrected chi connectivity index (χ3v) is 4.45. The first-order valence-corrected chi connectivity index (χ1v) is 6.63. The SMILES string of the molecule is CNC(C)CC(C)(C)C1CCC(C)CC1. The van der Waals surface area contributed by atoms with Crippen LogP contribution in [0.15, 0.2) is 0 Å². The lowest BCUT2D eigenvalue weighted by Gasteiger charge is -2.40. The van der Waals surface area contributed by atoms with Gasteiger partial charge in [-0.25, -0.2) is 0 Å². The predicted octanol–water partition coefficient (Wildman–Crippen LogP) is 3.84.